The van der Waals surface area contributed by atoms with Crippen LogP contribution in [0.1, 0.15) is 35.4 Å². The van der Waals surface area contributed by atoms with Gasteiger partial charge in [0.05, 0.1) is 6.10 Å². The molecule has 0 spiro atoms. The predicted molar refractivity (Wildman–Crippen MR) is 119 cm³/mol. The van der Waals surface area contributed by atoms with Crippen molar-refractivity contribution in [2.75, 3.05) is 11.9 Å². The lowest BCUT2D eigenvalue weighted by Crippen LogP contribution is -2.17. The third kappa shape index (κ3) is 4.65. The third-order valence-electron chi connectivity index (χ3n) is 5.12. The van der Waals surface area contributed by atoms with E-state index in [1.165, 1.54) is 0 Å². The number of ether oxygens (including phenoxy) is 1. The first-order valence-electron chi connectivity index (χ1n) is 9.36. The molecule has 1 aliphatic rings. The van der Waals surface area contributed by atoms with Gasteiger partial charge in [-0.2, -0.15) is 5.26 Å². The highest BCUT2D eigenvalue weighted by atomic mass is 127. The maximum Gasteiger partial charge on any atom is 0.266 e. The van der Waals surface area contributed by atoms with Crippen LogP contribution in [0.5, 0.6) is 0 Å². The molecule has 28 heavy (non-hydrogen) atoms. The highest BCUT2D eigenvalue weighted by Crippen LogP contribution is 2.23. The van der Waals surface area contributed by atoms with Crippen LogP contribution in [0.15, 0.2) is 29.8 Å². The molecule has 1 amide bonds. The van der Waals surface area contributed by atoms with Crippen molar-refractivity contribution in [3.63, 3.8) is 0 Å². The zero-order valence-corrected chi connectivity index (χ0v) is 18.5. The summed E-state index contributed by atoms with van der Waals surface area (Å²) in [5.74, 6) is -0.393. The molecule has 5 nitrogen and oxygen atoms in total. The number of carbonyl (C=O) groups is 1. The van der Waals surface area contributed by atoms with Crippen molar-refractivity contribution in [2.24, 2.45) is 0 Å². The van der Waals surface area contributed by atoms with Crippen molar-refractivity contribution in [1.29, 1.82) is 5.26 Å². The number of nitrogens with zero attached hydrogens (tertiary/aromatic N) is 2. The van der Waals surface area contributed by atoms with E-state index in [-0.39, 0.29) is 11.7 Å². The summed E-state index contributed by atoms with van der Waals surface area (Å²) in [5.41, 5.74) is 4.81. The molecule has 2 aromatic rings. The van der Waals surface area contributed by atoms with Gasteiger partial charge in [0.2, 0.25) is 0 Å². The molecule has 1 aliphatic heterocycles. The van der Waals surface area contributed by atoms with Crippen LogP contribution >= 0.6 is 22.6 Å². The maximum atomic E-state index is 12.6. The summed E-state index contributed by atoms with van der Waals surface area (Å²) in [6.45, 7) is 7.63. The zero-order valence-electron chi connectivity index (χ0n) is 16.4. The molecule has 2 heterocycles. The minimum atomic E-state index is -0.393. The molecular weight excluding hydrogens is 465 g/mol. The third-order valence-corrected chi connectivity index (χ3v) is 5.80. The molecule has 146 valence electrons. The Balaban J connectivity index is 1.82. The van der Waals surface area contributed by atoms with Crippen molar-refractivity contribution in [3.05, 3.63) is 55.9 Å². The van der Waals surface area contributed by atoms with Gasteiger partial charge in [-0.1, -0.05) is 0 Å². The number of anilines is 1. The number of nitriles is 1. The van der Waals surface area contributed by atoms with Gasteiger partial charge in [-0.25, -0.2) is 0 Å². The Labute approximate surface area is 179 Å². The average Bonchev–Trinajstić information content (AvgIpc) is 3.26. The fourth-order valence-electron chi connectivity index (χ4n) is 3.51. The minimum Gasteiger partial charge on any atom is -0.376 e. The Kier molecular flexibility index (Phi) is 6.57. The Morgan fingerprint density at radius 2 is 2.18 bits per heavy atom. The fraction of sp³-hybridized carbons (Fsp3) is 0.364. The van der Waals surface area contributed by atoms with Crippen LogP contribution < -0.4 is 5.32 Å². The summed E-state index contributed by atoms with van der Waals surface area (Å²) in [7, 11) is 0. The van der Waals surface area contributed by atoms with Crippen LogP contribution in [0.4, 0.5) is 5.69 Å². The number of aromatic nitrogens is 1. The van der Waals surface area contributed by atoms with E-state index in [9.17, 15) is 10.1 Å². The highest BCUT2D eigenvalue weighted by Gasteiger charge is 2.19. The number of hydrogen-bond donors (Lipinski definition) is 1. The summed E-state index contributed by atoms with van der Waals surface area (Å²) in [6, 6.07) is 9.84. The highest BCUT2D eigenvalue weighted by molar-refractivity contribution is 14.1. The molecular formula is C22H24IN3O2. The quantitative estimate of drug-likeness (QED) is 0.375. The van der Waals surface area contributed by atoms with Crippen molar-refractivity contribution in [3.8, 4) is 6.07 Å². The molecule has 0 radical (unpaired) electrons. The molecule has 1 N–H and O–H groups in total. The van der Waals surface area contributed by atoms with E-state index in [1.54, 1.807) is 6.08 Å². The zero-order chi connectivity index (χ0) is 20.3. The molecule has 3 rings (SSSR count). The fourth-order valence-corrected chi connectivity index (χ4v) is 4.15. The van der Waals surface area contributed by atoms with Gasteiger partial charge in [-0.15, -0.1) is 0 Å². The monoisotopic (exact) mass is 489 g/mol. The standard InChI is InChI=1S/C22H24IN3O2/c1-14-9-19(23)6-7-21(14)25-22(27)18(12-24)11-17-10-15(2)26(16(17)3)13-20-5-4-8-28-20/h6-7,9-11,20H,4-5,8,13H2,1-3H3,(H,25,27)/b18-11+. The van der Waals surface area contributed by atoms with E-state index in [4.69, 9.17) is 4.74 Å². The van der Waals surface area contributed by atoms with Gasteiger partial charge in [0.25, 0.3) is 5.91 Å². The number of halogens is 1. The lowest BCUT2D eigenvalue weighted by Gasteiger charge is -2.14. The van der Waals surface area contributed by atoms with Gasteiger partial charge in [0.15, 0.2) is 0 Å². The second-order valence-electron chi connectivity index (χ2n) is 7.16. The largest absolute Gasteiger partial charge is 0.376 e. The van der Waals surface area contributed by atoms with E-state index in [0.29, 0.717) is 0 Å². The average molecular weight is 489 g/mol. The van der Waals surface area contributed by atoms with Crippen molar-refractivity contribution in [2.45, 2.75) is 46.3 Å². The van der Waals surface area contributed by atoms with Crippen LogP contribution in [-0.4, -0.2) is 23.2 Å². The van der Waals surface area contributed by atoms with E-state index < -0.39 is 5.91 Å². The molecule has 6 heteroatoms. The molecule has 1 aromatic carbocycles. The topological polar surface area (TPSA) is 67.0 Å². The molecule has 1 unspecified atom stereocenters. The number of amides is 1. The Hall–Kier alpha value is -2.11. The van der Waals surface area contributed by atoms with Gasteiger partial charge >= 0.3 is 0 Å². The number of nitrogens with one attached hydrogen (secondary N) is 1. The molecule has 0 bridgehead atoms. The van der Waals surface area contributed by atoms with Crippen LogP contribution in [-0.2, 0) is 16.1 Å². The van der Waals surface area contributed by atoms with Crippen LogP contribution in [0.25, 0.3) is 6.08 Å². The summed E-state index contributed by atoms with van der Waals surface area (Å²) in [6.07, 6.45) is 4.09. The first-order chi connectivity index (χ1) is 13.4. The van der Waals surface area contributed by atoms with Gasteiger partial charge < -0.3 is 14.6 Å². The Morgan fingerprint density at radius 3 is 2.82 bits per heavy atom. The summed E-state index contributed by atoms with van der Waals surface area (Å²) >= 11 is 2.23. The Morgan fingerprint density at radius 1 is 1.39 bits per heavy atom. The van der Waals surface area contributed by atoms with Crippen molar-refractivity contribution < 1.29 is 9.53 Å². The smallest absolute Gasteiger partial charge is 0.266 e. The van der Waals surface area contributed by atoms with Gasteiger partial charge in [-0.3, -0.25) is 4.79 Å². The first-order valence-corrected chi connectivity index (χ1v) is 10.4. The summed E-state index contributed by atoms with van der Waals surface area (Å²) in [4.78, 5) is 12.6. The lowest BCUT2D eigenvalue weighted by molar-refractivity contribution is -0.112. The normalized spacial score (nSPS) is 16.8. The van der Waals surface area contributed by atoms with Gasteiger partial charge in [0, 0.05) is 33.8 Å². The number of rotatable bonds is 5. The van der Waals surface area contributed by atoms with Gasteiger partial charge in [-0.05, 0) is 97.7 Å². The van der Waals surface area contributed by atoms with E-state index in [2.05, 4.69) is 32.5 Å². The minimum absolute atomic E-state index is 0.0929. The second kappa shape index (κ2) is 8.93. The first kappa shape index (κ1) is 20.6. The Bertz CT molecular complexity index is 963. The molecule has 1 saturated heterocycles. The summed E-state index contributed by atoms with van der Waals surface area (Å²) < 4.78 is 9.06. The predicted octanol–water partition coefficient (Wildman–Crippen LogP) is 4.74. The molecule has 0 aliphatic carbocycles. The number of benzene rings is 1. The van der Waals surface area contributed by atoms with Crippen LogP contribution in [0.3, 0.4) is 0 Å². The van der Waals surface area contributed by atoms with Crippen molar-refractivity contribution in [1.82, 2.24) is 4.57 Å². The van der Waals surface area contributed by atoms with Crippen LogP contribution in [0.2, 0.25) is 0 Å². The lowest BCUT2D eigenvalue weighted by atomic mass is 10.1. The maximum absolute atomic E-state index is 12.6. The number of aryl methyl sites for hydroxylation is 2. The SMILES string of the molecule is Cc1cc(I)ccc1NC(=O)/C(C#N)=C/c1cc(C)n(CC2CCCO2)c1C. The number of hydrogen-bond acceptors (Lipinski definition) is 3. The van der Waals surface area contributed by atoms with E-state index in [1.807, 2.05) is 51.1 Å². The molecule has 1 fully saturated rings. The second-order valence-corrected chi connectivity index (χ2v) is 8.40. The van der Waals surface area contributed by atoms with Crippen molar-refractivity contribution >= 4 is 40.3 Å². The number of carbonyl (C=O) groups excluding carboxylic acids is 1. The van der Waals surface area contributed by atoms with E-state index >= 15 is 0 Å². The van der Waals surface area contributed by atoms with Gasteiger partial charge in [0.1, 0.15) is 11.6 Å². The van der Waals surface area contributed by atoms with Crippen LogP contribution in [0, 0.1) is 35.7 Å². The summed E-state index contributed by atoms with van der Waals surface area (Å²) in [5, 5.41) is 12.4. The molecule has 1 aromatic heterocycles. The van der Waals surface area contributed by atoms with E-state index in [0.717, 1.165) is 57.8 Å². The molecule has 0 saturated carbocycles. The molecule has 1 atom stereocenters.